The fourth-order valence-electron chi connectivity index (χ4n) is 2.39. The zero-order valence-electron chi connectivity index (χ0n) is 10.8. The Hall–Kier alpha value is -1.09. The topological polar surface area (TPSA) is 15.3 Å². The van der Waals surface area contributed by atoms with E-state index >= 15 is 0 Å². The van der Waals surface area contributed by atoms with Gasteiger partial charge in [-0.1, -0.05) is 0 Å². The number of nitrogens with zero attached hydrogens (tertiary/aromatic N) is 1. The molecule has 0 saturated carbocycles. The average molecular weight is 236 g/mol. The first-order valence-corrected chi connectivity index (χ1v) is 6.25. The van der Waals surface area contributed by atoms with Gasteiger partial charge in [0.25, 0.3) is 0 Å². The highest BCUT2D eigenvalue weighted by Gasteiger charge is 2.27. The smallest absolute Gasteiger partial charge is 0.123 e. The van der Waals surface area contributed by atoms with E-state index in [4.69, 9.17) is 0 Å². The molecule has 17 heavy (non-hydrogen) atoms. The maximum absolute atomic E-state index is 13.0. The van der Waals surface area contributed by atoms with Gasteiger partial charge in [-0.05, 0) is 58.0 Å². The number of halogens is 1. The van der Waals surface area contributed by atoms with Crippen LogP contribution in [0.1, 0.15) is 27.2 Å². The summed E-state index contributed by atoms with van der Waals surface area (Å²) in [7, 11) is 0. The lowest BCUT2D eigenvalue weighted by atomic mass is 10.0. The third kappa shape index (κ3) is 2.97. The second-order valence-electron chi connectivity index (χ2n) is 5.55. The van der Waals surface area contributed by atoms with Gasteiger partial charge in [-0.25, -0.2) is 4.39 Å². The lowest BCUT2D eigenvalue weighted by Crippen LogP contribution is -2.47. The van der Waals surface area contributed by atoms with E-state index in [2.05, 4.69) is 31.0 Å². The third-order valence-corrected chi connectivity index (χ3v) is 3.42. The quantitative estimate of drug-likeness (QED) is 0.806. The fraction of sp³-hybridized carbons (Fsp3) is 0.571. The molecule has 1 atom stereocenters. The van der Waals surface area contributed by atoms with Gasteiger partial charge < -0.3 is 10.2 Å². The van der Waals surface area contributed by atoms with Gasteiger partial charge in [0, 0.05) is 23.8 Å². The highest BCUT2D eigenvalue weighted by Crippen LogP contribution is 2.23. The van der Waals surface area contributed by atoms with Crippen molar-refractivity contribution in [1.82, 2.24) is 5.32 Å². The summed E-state index contributed by atoms with van der Waals surface area (Å²) in [5, 5.41) is 3.55. The van der Waals surface area contributed by atoms with E-state index in [1.165, 1.54) is 12.1 Å². The van der Waals surface area contributed by atoms with Gasteiger partial charge in [-0.3, -0.25) is 0 Å². The van der Waals surface area contributed by atoms with Crippen LogP contribution in [0.4, 0.5) is 10.1 Å². The summed E-state index contributed by atoms with van der Waals surface area (Å²) >= 11 is 0. The van der Waals surface area contributed by atoms with Crippen LogP contribution in [-0.4, -0.2) is 24.7 Å². The molecular formula is C14H21FN2. The van der Waals surface area contributed by atoms with Crippen molar-refractivity contribution in [1.29, 1.82) is 0 Å². The van der Waals surface area contributed by atoms with Crippen LogP contribution in [0, 0.1) is 5.82 Å². The first-order chi connectivity index (χ1) is 7.98. The van der Waals surface area contributed by atoms with E-state index in [0.717, 1.165) is 25.2 Å². The Morgan fingerprint density at radius 1 is 1.29 bits per heavy atom. The molecule has 0 amide bonds. The van der Waals surface area contributed by atoms with E-state index < -0.39 is 0 Å². The molecule has 1 saturated heterocycles. The van der Waals surface area contributed by atoms with E-state index in [0.29, 0.717) is 6.04 Å². The summed E-state index contributed by atoms with van der Waals surface area (Å²) in [6.45, 7) is 8.63. The minimum Gasteiger partial charge on any atom is -0.367 e. The Kier molecular flexibility index (Phi) is 3.38. The predicted octanol–water partition coefficient (Wildman–Crippen LogP) is 2.79. The molecule has 0 spiro atoms. The molecule has 1 heterocycles. The molecule has 1 fully saturated rings. The van der Waals surface area contributed by atoms with Gasteiger partial charge in [0.1, 0.15) is 5.82 Å². The van der Waals surface area contributed by atoms with Gasteiger partial charge in [0.2, 0.25) is 0 Å². The monoisotopic (exact) mass is 236 g/mol. The summed E-state index contributed by atoms with van der Waals surface area (Å²) < 4.78 is 13.0. The van der Waals surface area contributed by atoms with E-state index in [1.54, 1.807) is 0 Å². The standard InChI is InChI=1S/C14H21FN2/c1-11-8-9-16-14(2,3)10-17(11)13-6-4-12(15)5-7-13/h4-7,11,16H,8-10H2,1-3H3. The van der Waals surface area contributed by atoms with Crippen LogP contribution < -0.4 is 10.2 Å². The number of hydrogen-bond donors (Lipinski definition) is 1. The number of benzene rings is 1. The SMILES string of the molecule is CC1CCNC(C)(C)CN1c1ccc(F)cc1. The molecule has 2 nitrogen and oxygen atoms in total. The maximum atomic E-state index is 13.0. The molecule has 1 unspecified atom stereocenters. The van der Waals surface area contributed by atoms with Gasteiger partial charge in [-0.15, -0.1) is 0 Å². The second kappa shape index (κ2) is 4.65. The van der Waals surface area contributed by atoms with Crippen molar-refractivity contribution in [3.05, 3.63) is 30.1 Å². The first kappa shape index (κ1) is 12.4. The summed E-state index contributed by atoms with van der Waals surface area (Å²) in [6, 6.07) is 7.29. The maximum Gasteiger partial charge on any atom is 0.123 e. The van der Waals surface area contributed by atoms with Gasteiger partial charge >= 0.3 is 0 Å². The van der Waals surface area contributed by atoms with Crippen molar-refractivity contribution in [2.45, 2.75) is 38.8 Å². The van der Waals surface area contributed by atoms with Gasteiger partial charge in [0.05, 0.1) is 0 Å². The van der Waals surface area contributed by atoms with Crippen LogP contribution in [0.3, 0.4) is 0 Å². The van der Waals surface area contributed by atoms with Gasteiger partial charge in [0.15, 0.2) is 0 Å². The summed E-state index contributed by atoms with van der Waals surface area (Å²) in [6.07, 6.45) is 1.11. The summed E-state index contributed by atoms with van der Waals surface area (Å²) in [4.78, 5) is 2.36. The molecule has 0 radical (unpaired) electrons. The van der Waals surface area contributed by atoms with Crippen molar-refractivity contribution in [3.63, 3.8) is 0 Å². The third-order valence-electron chi connectivity index (χ3n) is 3.42. The van der Waals surface area contributed by atoms with Crippen LogP contribution in [-0.2, 0) is 0 Å². The lowest BCUT2D eigenvalue weighted by molar-refractivity contribution is 0.415. The Balaban J connectivity index is 2.24. The number of anilines is 1. The van der Waals surface area contributed by atoms with Crippen molar-refractivity contribution < 1.29 is 4.39 Å². The highest BCUT2D eigenvalue weighted by molar-refractivity contribution is 5.48. The Labute approximate surface area is 103 Å². The van der Waals surface area contributed by atoms with E-state index in [9.17, 15) is 4.39 Å². The van der Waals surface area contributed by atoms with Gasteiger partial charge in [-0.2, -0.15) is 0 Å². The summed E-state index contributed by atoms with van der Waals surface area (Å²) in [5.74, 6) is -0.173. The van der Waals surface area contributed by atoms with E-state index in [-0.39, 0.29) is 11.4 Å². The van der Waals surface area contributed by atoms with Crippen LogP contribution in [0.25, 0.3) is 0 Å². The molecule has 0 bridgehead atoms. The van der Waals surface area contributed by atoms with Crippen molar-refractivity contribution in [2.75, 3.05) is 18.0 Å². The minimum absolute atomic E-state index is 0.0964. The van der Waals surface area contributed by atoms with Crippen molar-refractivity contribution in [3.8, 4) is 0 Å². The molecule has 1 aliphatic rings. The number of hydrogen-bond acceptors (Lipinski definition) is 2. The number of rotatable bonds is 1. The molecule has 2 rings (SSSR count). The Morgan fingerprint density at radius 3 is 2.59 bits per heavy atom. The number of nitrogens with one attached hydrogen (secondary N) is 1. The second-order valence-corrected chi connectivity index (χ2v) is 5.55. The molecule has 3 heteroatoms. The van der Waals surface area contributed by atoms with E-state index in [1.807, 2.05) is 12.1 Å². The zero-order valence-corrected chi connectivity index (χ0v) is 10.8. The lowest BCUT2D eigenvalue weighted by Gasteiger charge is -2.34. The fourth-order valence-corrected chi connectivity index (χ4v) is 2.39. The van der Waals surface area contributed by atoms with Crippen LogP contribution in [0.5, 0.6) is 0 Å². The molecule has 0 aliphatic carbocycles. The largest absolute Gasteiger partial charge is 0.367 e. The molecule has 1 aromatic carbocycles. The molecule has 94 valence electrons. The molecule has 1 aromatic rings. The van der Waals surface area contributed by atoms with Crippen molar-refractivity contribution in [2.24, 2.45) is 0 Å². The minimum atomic E-state index is -0.173. The molecule has 0 aromatic heterocycles. The predicted molar refractivity (Wildman–Crippen MR) is 69.9 cm³/mol. The molecule has 1 aliphatic heterocycles. The molecular weight excluding hydrogens is 215 g/mol. The van der Waals surface area contributed by atoms with Crippen LogP contribution >= 0.6 is 0 Å². The normalized spacial score (nSPS) is 24.5. The zero-order chi connectivity index (χ0) is 12.5. The Morgan fingerprint density at radius 2 is 1.94 bits per heavy atom. The Bertz CT molecular complexity index is 372. The first-order valence-electron chi connectivity index (χ1n) is 6.25. The molecule has 1 N–H and O–H groups in total. The van der Waals surface area contributed by atoms with Crippen LogP contribution in [0.15, 0.2) is 24.3 Å². The highest BCUT2D eigenvalue weighted by atomic mass is 19.1. The van der Waals surface area contributed by atoms with Crippen molar-refractivity contribution >= 4 is 5.69 Å². The van der Waals surface area contributed by atoms with Crippen LogP contribution in [0.2, 0.25) is 0 Å². The summed E-state index contributed by atoms with van der Waals surface area (Å²) in [5.41, 5.74) is 1.20. The average Bonchev–Trinajstić information content (AvgIpc) is 2.39.